The molecule has 3 rings (SSSR count). The Morgan fingerprint density at radius 1 is 1.15 bits per heavy atom. The van der Waals surface area contributed by atoms with E-state index in [0.29, 0.717) is 12.1 Å². The van der Waals surface area contributed by atoms with Crippen molar-refractivity contribution in [3.8, 4) is 0 Å². The van der Waals surface area contributed by atoms with Gasteiger partial charge < -0.3 is 20.3 Å². The van der Waals surface area contributed by atoms with Gasteiger partial charge in [0.05, 0.1) is 6.10 Å². The van der Waals surface area contributed by atoms with E-state index in [1.807, 2.05) is 4.90 Å². The van der Waals surface area contributed by atoms with E-state index >= 15 is 0 Å². The number of carbonyl (C=O) groups is 1. The number of hydrogen-bond donors (Lipinski definition) is 2. The molecule has 1 spiro atoms. The van der Waals surface area contributed by atoms with E-state index in [1.54, 1.807) is 0 Å². The van der Waals surface area contributed by atoms with Crippen LogP contribution in [-0.4, -0.2) is 61.7 Å². The van der Waals surface area contributed by atoms with Crippen molar-refractivity contribution in [2.45, 2.75) is 77.4 Å². The summed E-state index contributed by atoms with van der Waals surface area (Å²) in [4.78, 5) is 18.8. The summed E-state index contributed by atoms with van der Waals surface area (Å²) in [7, 11) is 0. The number of ether oxygens (including phenoxy) is 1. The molecular weight excluding hydrogens is 328 g/mol. The fourth-order valence-electron chi connectivity index (χ4n) is 4.96. The molecule has 2 aliphatic carbocycles. The summed E-state index contributed by atoms with van der Waals surface area (Å²) in [5, 5.41) is 6.96. The van der Waals surface area contributed by atoms with Crippen LogP contribution in [0.15, 0.2) is 4.99 Å². The first-order valence-corrected chi connectivity index (χ1v) is 10.6. The summed E-state index contributed by atoms with van der Waals surface area (Å²) >= 11 is 0. The fourth-order valence-corrected chi connectivity index (χ4v) is 4.96. The molecule has 3 fully saturated rings. The minimum Gasteiger partial charge on any atom is -0.378 e. The van der Waals surface area contributed by atoms with Crippen molar-refractivity contribution in [2.24, 2.45) is 10.4 Å². The number of hydrogen-bond acceptors (Lipinski definition) is 3. The third-order valence-electron chi connectivity index (χ3n) is 6.42. The van der Waals surface area contributed by atoms with Gasteiger partial charge in [0.25, 0.3) is 0 Å². The summed E-state index contributed by atoms with van der Waals surface area (Å²) in [5.41, 5.74) is 0.253. The molecule has 3 aliphatic rings. The highest BCUT2D eigenvalue weighted by molar-refractivity contribution is 5.85. The van der Waals surface area contributed by atoms with Gasteiger partial charge >= 0.3 is 0 Å². The standard InChI is InChI=1S/C20H36N4O2/c1-3-21-19(22-15-18(25)24-12-8-9-13-24)23-16-14-17(26-4-2)20(16)10-6-5-7-11-20/h16-17H,3-15H2,1-2H3,(H2,21,22,23). The van der Waals surface area contributed by atoms with E-state index < -0.39 is 0 Å². The quantitative estimate of drug-likeness (QED) is 0.561. The highest BCUT2D eigenvalue weighted by Crippen LogP contribution is 2.53. The Kier molecular flexibility index (Phi) is 6.79. The number of aliphatic imine (C=N–C) groups is 1. The van der Waals surface area contributed by atoms with E-state index in [-0.39, 0.29) is 17.9 Å². The average Bonchev–Trinajstić information content (AvgIpc) is 3.20. The molecule has 6 nitrogen and oxygen atoms in total. The smallest absolute Gasteiger partial charge is 0.244 e. The number of rotatable bonds is 6. The van der Waals surface area contributed by atoms with Gasteiger partial charge in [0.15, 0.2) is 5.96 Å². The Balaban J connectivity index is 1.61. The molecule has 2 N–H and O–H groups in total. The van der Waals surface area contributed by atoms with E-state index in [0.717, 1.165) is 51.5 Å². The van der Waals surface area contributed by atoms with Gasteiger partial charge in [0.2, 0.25) is 5.91 Å². The number of amides is 1. The topological polar surface area (TPSA) is 66.0 Å². The van der Waals surface area contributed by atoms with Crippen LogP contribution in [0.3, 0.4) is 0 Å². The molecule has 2 saturated carbocycles. The lowest BCUT2D eigenvalue weighted by atomic mass is 9.55. The fraction of sp³-hybridized carbons (Fsp3) is 0.900. The maximum atomic E-state index is 12.3. The Hall–Kier alpha value is -1.30. The maximum Gasteiger partial charge on any atom is 0.244 e. The molecule has 6 heteroatoms. The predicted molar refractivity (Wildman–Crippen MR) is 104 cm³/mol. The number of nitrogens with one attached hydrogen (secondary N) is 2. The van der Waals surface area contributed by atoms with Crippen molar-refractivity contribution < 1.29 is 9.53 Å². The molecule has 0 aromatic heterocycles. The van der Waals surface area contributed by atoms with Crippen LogP contribution in [0, 0.1) is 5.41 Å². The summed E-state index contributed by atoms with van der Waals surface area (Å²) in [6.45, 7) is 7.77. The van der Waals surface area contributed by atoms with Crippen LogP contribution >= 0.6 is 0 Å². The van der Waals surface area contributed by atoms with E-state index in [9.17, 15) is 4.79 Å². The zero-order valence-electron chi connectivity index (χ0n) is 16.6. The molecular formula is C20H36N4O2. The van der Waals surface area contributed by atoms with Crippen LogP contribution in [0.25, 0.3) is 0 Å². The zero-order chi connectivity index (χ0) is 18.4. The Labute approximate surface area is 158 Å². The van der Waals surface area contributed by atoms with Crippen LogP contribution in [0.4, 0.5) is 0 Å². The lowest BCUT2D eigenvalue weighted by Crippen LogP contribution is -2.66. The third-order valence-corrected chi connectivity index (χ3v) is 6.42. The Morgan fingerprint density at radius 2 is 1.88 bits per heavy atom. The van der Waals surface area contributed by atoms with E-state index in [4.69, 9.17) is 4.74 Å². The molecule has 1 heterocycles. The molecule has 26 heavy (non-hydrogen) atoms. The second-order valence-corrected chi connectivity index (χ2v) is 7.95. The van der Waals surface area contributed by atoms with Crippen molar-refractivity contribution in [1.29, 1.82) is 0 Å². The molecule has 0 aromatic rings. The Bertz CT molecular complexity index is 496. The van der Waals surface area contributed by atoms with Crippen LogP contribution < -0.4 is 10.6 Å². The highest BCUT2D eigenvalue weighted by atomic mass is 16.5. The molecule has 0 radical (unpaired) electrons. The van der Waals surface area contributed by atoms with Crippen molar-refractivity contribution in [3.63, 3.8) is 0 Å². The van der Waals surface area contributed by atoms with Gasteiger partial charge in [-0.05, 0) is 46.0 Å². The van der Waals surface area contributed by atoms with Gasteiger partial charge in [-0.3, -0.25) is 4.79 Å². The maximum absolute atomic E-state index is 12.3. The lowest BCUT2D eigenvalue weighted by molar-refractivity contribution is -0.145. The summed E-state index contributed by atoms with van der Waals surface area (Å²) in [6, 6.07) is 0.402. The highest BCUT2D eigenvalue weighted by Gasteiger charge is 2.55. The molecule has 148 valence electrons. The van der Waals surface area contributed by atoms with Crippen LogP contribution in [0.5, 0.6) is 0 Å². The number of carbonyl (C=O) groups excluding carboxylic acids is 1. The molecule has 1 aliphatic heterocycles. The lowest BCUT2D eigenvalue weighted by Gasteiger charge is -2.57. The molecule has 2 unspecified atom stereocenters. The number of likely N-dealkylation sites (tertiary alicyclic amines) is 1. The zero-order valence-corrected chi connectivity index (χ0v) is 16.6. The van der Waals surface area contributed by atoms with Crippen molar-refractivity contribution >= 4 is 11.9 Å². The minimum atomic E-state index is 0.146. The summed E-state index contributed by atoms with van der Waals surface area (Å²) < 4.78 is 6.05. The first-order chi connectivity index (χ1) is 12.7. The van der Waals surface area contributed by atoms with Crippen LogP contribution in [0.2, 0.25) is 0 Å². The first-order valence-electron chi connectivity index (χ1n) is 10.6. The van der Waals surface area contributed by atoms with Crippen LogP contribution in [-0.2, 0) is 9.53 Å². The van der Waals surface area contributed by atoms with E-state index in [1.165, 1.54) is 32.1 Å². The van der Waals surface area contributed by atoms with Gasteiger partial charge in [-0.1, -0.05) is 19.3 Å². The van der Waals surface area contributed by atoms with Gasteiger partial charge in [0, 0.05) is 37.7 Å². The molecule has 1 saturated heterocycles. The van der Waals surface area contributed by atoms with Crippen molar-refractivity contribution in [2.75, 3.05) is 32.8 Å². The minimum absolute atomic E-state index is 0.146. The Morgan fingerprint density at radius 3 is 2.54 bits per heavy atom. The van der Waals surface area contributed by atoms with Crippen LogP contribution in [0.1, 0.15) is 65.2 Å². The molecule has 2 atom stereocenters. The summed E-state index contributed by atoms with van der Waals surface area (Å²) in [6.07, 6.45) is 10.1. The number of nitrogens with zero attached hydrogens (tertiary/aromatic N) is 2. The summed E-state index contributed by atoms with van der Waals surface area (Å²) in [5.74, 6) is 0.929. The van der Waals surface area contributed by atoms with Gasteiger partial charge in [0.1, 0.15) is 6.54 Å². The second-order valence-electron chi connectivity index (χ2n) is 7.95. The first kappa shape index (κ1) is 19.5. The largest absolute Gasteiger partial charge is 0.378 e. The molecule has 0 aromatic carbocycles. The van der Waals surface area contributed by atoms with Crippen molar-refractivity contribution in [1.82, 2.24) is 15.5 Å². The predicted octanol–water partition coefficient (Wildman–Crippen LogP) is 2.29. The monoisotopic (exact) mass is 364 g/mol. The van der Waals surface area contributed by atoms with E-state index in [2.05, 4.69) is 29.5 Å². The number of guanidine groups is 1. The SMILES string of the molecule is CCNC(=NCC(=O)N1CCCC1)NC1CC(OCC)C12CCCCC2. The van der Waals surface area contributed by atoms with Crippen molar-refractivity contribution in [3.05, 3.63) is 0 Å². The molecule has 0 bridgehead atoms. The second kappa shape index (κ2) is 9.07. The van der Waals surface area contributed by atoms with Gasteiger partial charge in [-0.25, -0.2) is 4.99 Å². The van der Waals surface area contributed by atoms with Gasteiger partial charge in [-0.15, -0.1) is 0 Å². The normalized spacial score (nSPS) is 28.1. The third kappa shape index (κ3) is 4.16. The van der Waals surface area contributed by atoms with Gasteiger partial charge in [-0.2, -0.15) is 0 Å². The molecule has 1 amide bonds. The average molecular weight is 365 g/mol.